The molecular formula is C8H12FN3O. The van der Waals surface area contributed by atoms with Gasteiger partial charge in [0.25, 0.3) is 0 Å². The molecule has 0 spiro atoms. The molecule has 4 nitrogen and oxygen atoms in total. The van der Waals surface area contributed by atoms with E-state index in [0.29, 0.717) is 5.82 Å². The van der Waals surface area contributed by atoms with Gasteiger partial charge in [0.1, 0.15) is 12.1 Å². The molecule has 2 N–H and O–H groups in total. The summed E-state index contributed by atoms with van der Waals surface area (Å²) in [5.41, 5.74) is 0. The van der Waals surface area contributed by atoms with Crippen molar-refractivity contribution in [1.29, 1.82) is 0 Å². The van der Waals surface area contributed by atoms with Gasteiger partial charge >= 0.3 is 0 Å². The van der Waals surface area contributed by atoms with Crippen molar-refractivity contribution in [2.75, 3.05) is 11.9 Å². The van der Waals surface area contributed by atoms with Crippen LogP contribution in [-0.2, 0) is 0 Å². The van der Waals surface area contributed by atoms with Gasteiger partial charge in [-0.05, 0) is 6.42 Å². The van der Waals surface area contributed by atoms with Crippen molar-refractivity contribution in [2.24, 2.45) is 0 Å². The van der Waals surface area contributed by atoms with E-state index in [1.807, 2.05) is 6.92 Å². The van der Waals surface area contributed by atoms with Crippen molar-refractivity contribution in [3.63, 3.8) is 0 Å². The second-order valence-corrected chi connectivity index (χ2v) is 2.66. The number of halogens is 1. The SMILES string of the molecule is CCC(CO)Nc1cc(F)ncn1. The molecule has 0 aromatic carbocycles. The minimum absolute atomic E-state index is 0.00211. The van der Waals surface area contributed by atoms with Gasteiger partial charge in [-0.3, -0.25) is 0 Å². The number of rotatable bonds is 4. The Morgan fingerprint density at radius 3 is 2.92 bits per heavy atom. The van der Waals surface area contributed by atoms with Gasteiger partial charge in [0, 0.05) is 6.07 Å². The molecule has 0 bridgehead atoms. The number of hydrogen-bond acceptors (Lipinski definition) is 4. The maximum atomic E-state index is 12.6. The molecule has 5 heteroatoms. The fraction of sp³-hybridized carbons (Fsp3) is 0.500. The number of nitrogens with zero attached hydrogens (tertiary/aromatic N) is 2. The topological polar surface area (TPSA) is 58.0 Å². The maximum Gasteiger partial charge on any atom is 0.217 e. The van der Waals surface area contributed by atoms with Gasteiger partial charge < -0.3 is 10.4 Å². The fourth-order valence-electron chi connectivity index (χ4n) is 0.898. The van der Waals surface area contributed by atoms with Gasteiger partial charge in [0.15, 0.2) is 0 Å². The van der Waals surface area contributed by atoms with Crippen LogP contribution >= 0.6 is 0 Å². The zero-order valence-corrected chi connectivity index (χ0v) is 7.37. The quantitative estimate of drug-likeness (QED) is 0.681. The van der Waals surface area contributed by atoms with Crippen molar-refractivity contribution >= 4 is 5.82 Å². The molecule has 1 aromatic heterocycles. The molecule has 1 unspecified atom stereocenters. The number of aliphatic hydroxyl groups is 1. The highest BCUT2D eigenvalue weighted by molar-refractivity contribution is 5.33. The Kier molecular flexibility index (Phi) is 3.57. The average Bonchev–Trinajstić information content (AvgIpc) is 2.14. The predicted octanol–water partition coefficient (Wildman–Crippen LogP) is 0.798. The third-order valence-corrected chi connectivity index (χ3v) is 1.70. The summed E-state index contributed by atoms with van der Waals surface area (Å²) in [6.07, 6.45) is 1.89. The van der Waals surface area contributed by atoms with Gasteiger partial charge in [-0.15, -0.1) is 0 Å². The fourth-order valence-corrected chi connectivity index (χ4v) is 0.898. The van der Waals surface area contributed by atoms with E-state index >= 15 is 0 Å². The van der Waals surface area contributed by atoms with Crippen LogP contribution in [0.3, 0.4) is 0 Å². The highest BCUT2D eigenvalue weighted by Gasteiger charge is 2.05. The lowest BCUT2D eigenvalue weighted by molar-refractivity contribution is 0.271. The van der Waals surface area contributed by atoms with Crippen LogP contribution < -0.4 is 5.32 Å². The Balaban J connectivity index is 2.62. The standard InChI is InChI=1S/C8H12FN3O/c1-2-6(4-13)12-8-3-7(9)10-5-11-8/h3,5-6,13H,2,4H2,1H3,(H,10,11,12). The molecule has 0 saturated carbocycles. The van der Waals surface area contributed by atoms with Crippen LogP contribution in [-0.4, -0.2) is 27.7 Å². The first-order chi connectivity index (χ1) is 6.26. The molecule has 72 valence electrons. The Morgan fingerprint density at radius 2 is 2.38 bits per heavy atom. The molecule has 1 aromatic rings. The summed E-state index contributed by atoms with van der Waals surface area (Å²) in [5, 5.41) is 11.7. The van der Waals surface area contributed by atoms with Crippen molar-refractivity contribution in [3.8, 4) is 0 Å². The van der Waals surface area contributed by atoms with E-state index in [4.69, 9.17) is 5.11 Å². The molecule has 0 aliphatic carbocycles. The number of anilines is 1. The highest BCUT2D eigenvalue weighted by atomic mass is 19.1. The van der Waals surface area contributed by atoms with Crippen LogP contribution in [0.5, 0.6) is 0 Å². The van der Waals surface area contributed by atoms with Crippen LogP contribution in [0.2, 0.25) is 0 Å². The van der Waals surface area contributed by atoms with Crippen LogP contribution in [0.1, 0.15) is 13.3 Å². The van der Waals surface area contributed by atoms with E-state index in [1.54, 1.807) is 0 Å². The van der Waals surface area contributed by atoms with E-state index < -0.39 is 5.95 Å². The van der Waals surface area contributed by atoms with Crippen molar-refractivity contribution in [3.05, 3.63) is 18.3 Å². The third-order valence-electron chi connectivity index (χ3n) is 1.70. The van der Waals surface area contributed by atoms with Crippen molar-refractivity contribution in [1.82, 2.24) is 9.97 Å². The number of hydrogen-bond donors (Lipinski definition) is 2. The number of nitrogens with one attached hydrogen (secondary N) is 1. The summed E-state index contributed by atoms with van der Waals surface area (Å²) < 4.78 is 12.6. The monoisotopic (exact) mass is 185 g/mol. The molecule has 0 radical (unpaired) electrons. The van der Waals surface area contributed by atoms with Crippen LogP contribution in [0.15, 0.2) is 12.4 Å². The van der Waals surface area contributed by atoms with E-state index in [0.717, 1.165) is 12.7 Å². The molecule has 13 heavy (non-hydrogen) atoms. The molecule has 0 fully saturated rings. The minimum atomic E-state index is -0.578. The molecule has 0 aliphatic rings. The maximum absolute atomic E-state index is 12.6. The summed E-state index contributed by atoms with van der Waals surface area (Å²) in [7, 11) is 0. The largest absolute Gasteiger partial charge is 0.394 e. The molecule has 0 aliphatic heterocycles. The predicted molar refractivity (Wildman–Crippen MR) is 46.8 cm³/mol. The zero-order chi connectivity index (χ0) is 9.68. The lowest BCUT2D eigenvalue weighted by atomic mass is 10.2. The Hall–Kier alpha value is -1.23. The summed E-state index contributed by atoms with van der Waals surface area (Å²) in [6, 6.07) is 1.10. The van der Waals surface area contributed by atoms with Gasteiger partial charge in [-0.1, -0.05) is 6.92 Å². The molecule has 0 saturated heterocycles. The first-order valence-corrected chi connectivity index (χ1v) is 4.11. The normalized spacial score (nSPS) is 12.5. The Bertz CT molecular complexity index is 265. The lowest BCUT2D eigenvalue weighted by Crippen LogP contribution is -2.23. The molecule has 1 rings (SSSR count). The van der Waals surface area contributed by atoms with Crippen LogP contribution in [0, 0.1) is 5.95 Å². The number of aliphatic hydroxyl groups excluding tert-OH is 1. The highest BCUT2D eigenvalue weighted by Crippen LogP contribution is 2.05. The smallest absolute Gasteiger partial charge is 0.217 e. The first kappa shape index (κ1) is 9.85. The summed E-state index contributed by atoms with van der Waals surface area (Å²) >= 11 is 0. The molecule has 1 heterocycles. The molecular weight excluding hydrogens is 173 g/mol. The minimum Gasteiger partial charge on any atom is -0.394 e. The Labute approximate surface area is 75.8 Å². The van der Waals surface area contributed by atoms with Crippen LogP contribution in [0.25, 0.3) is 0 Å². The van der Waals surface area contributed by atoms with E-state index in [1.165, 1.54) is 6.07 Å². The lowest BCUT2D eigenvalue weighted by Gasteiger charge is -2.13. The molecule has 0 amide bonds. The van der Waals surface area contributed by atoms with Crippen molar-refractivity contribution in [2.45, 2.75) is 19.4 Å². The summed E-state index contributed by atoms with van der Waals surface area (Å²) in [4.78, 5) is 7.12. The van der Waals surface area contributed by atoms with Gasteiger partial charge in [0.2, 0.25) is 5.95 Å². The van der Waals surface area contributed by atoms with Gasteiger partial charge in [0.05, 0.1) is 12.6 Å². The van der Waals surface area contributed by atoms with E-state index in [-0.39, 0.29) is 12.6 Å². The Morgan fingerprint density at radius 1 is 1.62 bits per heavy atom. The summed E-state index contributed by atoms with van der Waals surface area (Å²) in [6.45, 7) is 1.92. The second kappa shape index (κ2) is 4.71. The second-order valence-electron chi connectivity index (χ2n) is 2.66. The average molecular weight is 185 g/mol. The zero-order valence-electron chi connectivity index (χ0n) is 7.37. The molecule has 1 atom stereocenters. The summed E-state index contributed by atoms with van der Waals surface area (Å²) in [5.74, 6) is -0.182. The van der Waals surface area contributed by atoms with Crippen LogP contribution in [0.4, 0.5) is 10.2 Å². The van der Waals surface area contributed by atoms with Crippen molar-refractivity contribution < 1.29 is 9.50 Å². The first-order valence-electron chi connectivity index (χ1n) is 4.11. The van der Waals surface area contributed by atoms with E-state index in [2.05, 4.69) is 15.3 Å². The number of aromatic nitrogens is 2. The van der Waals surface area contributed by atoms with E-state index in [9.17, 15) is 4.39 Å². The third kappa shape index (κ3) is 2.95. The van der Waals surface area contributed by atoms with Gasteiger partial charge in [-0.25, -0.2) is 9.97 Å². The van der Waals surface area contributed by atoms with Gasteiger partial charge in [-0.2, -0.15) is 4.39 Å².